The largest absolute Gasteiger partial charge is 0.493 e. The lowest BCUT2D eigenvalue weighted by Gasteiger charge is -2.26. The van der Waals surface area contributed by atoms with Crippen LogP contribution >= 0.6 is 11.3 Å². The van der Waals surface area contributed by atoms with Crippen LogP contribution in [0, 0.1) is 6.92 Å². The summed E-state index contributed by atoms with van der Waals surface area (Å²) >= 11 is 1.24. The highest BCUT2D eigenvalue weighted by Gasteiger charge is 2.33. The van der Waals surface area contributed by atoms with E-state index >= 15 is 0 Å². The van der Waals surface area contributed by atoms with Crippen molar-refractivity contribution in [1.82, 2.24) is 4.57 Å². The molecule has 0 radical (unpaired) electrons. The Morgan fingerprint density at radius 1 is 0.905 bits per heavy atom. The van der Waals surface area contributed by atoms with E-state index in [2.05, 4.69) is 5.32 Å². The summed E-state index contributed by atoms with van der Waals surface area (Å²) in [5, 5.41) is 3.02. The zero-order valence-corrected chi connectivity index (χ0v) is 25.0. The third-order valence-electron chi connectivity index (χ3n) is 7.10. The number of hydrogen-bond donors (Lipinski definition) is 1. The molecule has 1 aliphatic rings. The Kier molecular flexibility index (Phi) is 8.17. The predicted molar refractivity (Wildman–Crippen MR) is 163 cm³/mol. The van der Waals surface area contributed by atoms with Crippen LogP contribution in [0.5, 0.6) is 23.0 Å². The number of amides is 1. The zero-order valence-electron chi connectivity index (χ0n) is 24.2. The lowest BCUT2D eigenvalue weighted by atomic mass is 9.94. The number of fused-ring (bicyclic) bond motifs is 1. The highest BCUT2D eigenvalue weighted by Crippen LogP contribution is 2.36. The minimum Gasteiger partial charge on any atom is -0.493 e. The van der Waals surface area contributed by atoms with E-state index in [1.807, 2.05) is 49.4 Å². The summed E-state index contributed by atoms with van der Waals surface area (Å²) in [7, 11) is 6.21. The number of hydrogen-bond acceptors (Lipinski definition) is 8. The van der Waals surface area contributed by atoms with Gasteiger partial charge in [-0.1, -0.05) is 47.7 Å². The first-order valence-electron chi connectivity index (χ1n) is 13.1. The molecule has 0 unspecified atom stereocenters. The van der Waals surface area contributed by atoms with Crippen LogP contribution in [0.1, 0.15) is 29.7 Å². The van der Waals surface area contributed by atoms with E-state index < -0.39 is 6.04 Å². The Balaban J connectivity index is 1.72. The molecule has 10 heteroatoms. The highest BCUT2D eigenvalue weighted by molar-refractivity contribution is 7.07. The van der Waals surface area contributed by atoms with Gasteiger partial charge in [-0.15, -0.1) is 0 Å². The predicted octanol–water partition coefficient (Wildman–Crippen LogP) is 4.22. The summed E-state index contributed by atoms with van der Waals surface area (Å²) in [5.41, 5.74) is 3.50. The van der Waals surface area contributed by atoms with Gasteiger partial charge in [-0.2, -0.15) is 0 Å². The van der Waals surface area contributed by atoms with E-state index in [0.717, 1.165) is 5.56 Å². The van der Waals surface area contributed by atoms with Gasteiger partial charge in [0.05, 0.1) is 50.3 Å². The van der Waals surface area contributed by atoms with Crippen LogP contribution in [-0.4, -0.2) is 38.9 Å². The molecule has 0 fully saturated rings. The molecule has 0 spiro atoms. The van der Waals surface area contributed by atoms with Gasteiger partial charge in [0.15, 0.2) is 27.8 Å². The van der Waals surface area contributed by atoms with Gasteiger partial charge in [0.1, 0.15) is 0 Å². The number of ether oxygens (including phenoxy) is 4. The number of methoxy groups -OCH3 is 4. The average Bonchev–Trinajstić information content (AvgIpc) is 3.30. The second-order valence-electron chi connectivity index (χ2n) is 9.55. The van der Waals surface area contributed by atoms with Crippen molar-refractivity contribution < 1.29 is 23.7 Å². The number of nitrogens with zero attached hydrogens (tertiary/aromatic N) is 2. The third-order valence-corrected chi connectivity index (χ3v) is 8.09. The summed E-state index contributed by atoms with van der Waals surface area (Å²) in [5.74, 6) is 1.72. The second kappa shape index (κ2) is 12.0. The van der Waals surface area contributed by atoms with E-state index in [0.29, 0.717) is 60.4 Å². The molecule has 1 aromatic heterocycles. The van der Waals surface area contributed by atoms with Crippen LogP contribution in [0.3, 0.4) is 0 Å². The van der Waals surface area contributed by atoms with Crippen molar-refractivity contribution in [2.75, 3.05) is 33.8 Å². The molecule has 3 aromatic carbocycles. The minimum absolute atomic E-state index is 0.294. The van der Waals surface area contributed by atoms with Crippen molar-refractivity contribution in [3.05, 3.63) is 108 Å². The standard InChI is InChI=1S/C32H31N3O6S/c1-18-10-7-8-12-22(18)34-30(36)27-19(2)33-32-35(28(27)20-14-15-23(38-3)25(16-20)40-5)31(37)26(42-32)17-21-11-9-13-24(39-4)29(21)41-6/h7-17,28H,1-6H3,(H,34,36)/b26-17-/t28-/m1/s1. The van der Waals surface area contributed by atoms with Gasteiger partial charge in [0, 0.05) is 11.3 Å². The summed E-state index contributed by atoms with van der Waals surface area (Å²) < 4.78 is 24.0. The monoisotopic (exact) mass is 585 g/mol. The maximum atomic E-state index is 14.1. The van der Waals surface area contributed by atoms with Crippen LogP contribution in [0.25, 0.3) is 6.08 Å². The number of carbonyl (C=O) groups excluding carboxylic acids is 1. The van der Waals surface area contributed by atoms with Crippen LogP contribution in [0.2, 0.25) is 0 Å². The van der Waals surface area contributed by atoms with Crippen LogP contribution in [0.4, 0.5) is 5.69 Å². The molecule has 1 aliphatic heterocycles. The number of aryl methyl sites for hydroxylation is 1. The average molecular weight is 586 g/mol. The van der Waals surface area contributed by atoms with Crippen molar-refractivity contribution in [3.63, 3.8) is 0 Å². The minimum atomic E-state index is -0.778. The topological polar surface area (TPSA) is 100 Å². The molecule has 9 nitrogen and oxygen atoms in total. The van der Waals surface area contributed by atoms with Crippen LogP contribution < -0.4 is 39.2 Å². The smallest absolute Gasteiger partial charge is 0.271 e. The zero-order chi connectivity index (χ0) is 30.0. The molecule has 1 N–H and O–H groups in total. The van der Waals surface area contributed by atoms with Crippen molar-refractivity contribution in [2.45, 2.75) is 19.9 Å². The number of carbonyl (C=O) groups is 1. The number of aromatic nitrogens is 1. The second-order valence-corrected chi connectivity index (χ2v) is 10.6. The number of nitrogens with one attached hydrogen (secondary N) is 1. The van der Waals surface area contributed by atoms with E-state index in [1.165, 1.54) is 11.3 Å². The van der Waals surface area contributed by atoms with Gasteiger partial charge in [-0.3, -0.25) is 14.2 Å². The normalized spacial score (nSPS) is 14.6. The number of para-hydroxylation sites is 2. The number of allylic oxidation sites excluding steroid dienone is 1. The summed E-state index contributed by atoms with van der Waals surface area (Å²) in [6.45, 7) is 3.70. The fourth-order valence-corrected chi connectivity index (χ4v) is 6.06. The van der Waals surface area contributed by atoms with E-state index in [4.69, 9.17) is 23.9 Å². The molecule has 42 heavy (non-hydrogen) atoms. The molecule has 1 atom stereocenters. The SMILES string of the molecule is COc1ccc([C@@H]2C(C(=O)Nc3ccccc3C)=C(C)N=c3s/c(=C\c4cccc(OC)c4OC)c(=O)n32)cc1OC. The van der Waals surface area contributed by atoms with Gasteiger partial charge in [0.2, 0.25) is 0 Å². The molecule has 0 bridgehead atoms. The lowest BCUT2D eigenvalue weighted by molar-refractivity contribution is -0.113. The Morgan fingerprint density at radius 2 is 1.64 bits per heavy atom. The molecular formula is C32H31N3O6S. The summed E-state index contributed by atoms with van der Waals surface area (Å²) in [6, 6.07) is 17.6. The Hall–Kier alpha value is -4.83. The Bertz CT molecular complexity index is 1890. The van der Waals surface area contributed by atoms with E-state index in [-0.39, 0.29) is 11.5 Å². The Morgan fingerprint density at radius 3 is 2.33 bits per heavy atom. The van der Waals surface area contributed by atoms with Gasteiger partial charge >= 0.3 is 0 Å². The van der Waals surface area contributed by atoms with Crippen molar-refractivity contribution in [2.24, 2.45) is 4.99 Å². The molecule has 0 saturated heterocycles. The molecule has 216 valence electrons. The van der Waals surface area contributed by atoms with Crippen molar-refractivity contribution >= 4 is 29.0 Å². The first kappa shape index (κ1) is 28.7. The maximum Gasteiger partial charge on any atom is 0.271 e. The molecule has 2 heterocycles. The molecule has 1 amide bonds. The van der Waals surface area contributed by atoms with Crippen LogP contribution in [0.15, 0.2) is 81.7 Å². The first-order valence-corrected chi connectivity index (χ1v) is 13.9. The van der Waals surface area contributed by atoms with Gasteiger partial charge in [-0.05, 0) is 55.3 Å². The molecule has 0 aliphatic carbocycles. The van der Waals surface area contributed by atoms with Gasteiger partial charge in [-0.25, -0.2) is 4.99 Å². The molecule has 5 rings (SSSR count). The fraction of sp³-hybridized carbons (Fsp3) is 0.219. The maximum absolute atomic E-state index is 14.1. The number of anilines is 1. The van der Waals surface area contributed by atoms with E-state index in [1.54, 1.807) is 64.2 Å². The highest BCUT2D eigenvalue weighted by atomic mass is 32.1. The Labute approximate surface area is 247 Å². The lowest BCUT2D eigenvalue weighted by Crippen LogP contribution is -2.40. The van der Waals surface area contributed by atoms with Gasteiger partial charge < -0.3 is 24.3 Å². The third kappa shape index (κ3) is 5.16. The van der Waals surface area contributed by atoms with Crippen LogP contribution in [-0.2, 0) is 4.79 Å². The number of thiazole rings is 1. The molecule has 0 saturated carbocycles. The summed E-state index contributed by atoms with van der Waals surface area (Å²) in [4.78, 5) is 33.3. The fourth-order valence-electron chi connectivity index (χ4n) is 5.02. The molecular weight excluding hydrogens is 554 g/mol. The first-order chi connectivity index (χ1) is 20.3. The van der Waals surface area contributed by atoms with E-state index in [9.17, 15) is 9.59 Å². The summed E-state index contributed by atoms with van der Waals surface area (Å²) in [6.07, 6.45) is 1.75. The molecule has 4 aromatic rings. The quantitative estimate of drug-likeness (QED) is 0.333. The van der Waals surface area contributed by atoms with Crippen molar-refractivity contribution in [1.29, 1.82) is 0 Å². The number of benzene rings is 3. The van der Waals surface area contributed by atoms with Gasteiger partial charge in [0.25, 0.3) is 11.5 Å². The number of rotatable bonds is 8. The van der Waals surface area contributed by atoms with Crippen molar-refractivity contribution in [3.8, 4) is 23.0 Å².